The van der Waals surface area contributed by atoms with Gasteiger partial charge in [0, 0.05) is 11.8 Å². The van der Waals surface area contributed by atoms with Crippen molar-refractivity contribution in [2.24, 2.45) is 0 Å². The molecule has 0 aliphatic carbocycles. The summed E-state index contributed by atoms with van der Waals surface area (Å²) in [6, 6.07) is 0. The molecule has 0 saturated heterocycles. The fourth-order valence-electron chi connectivity index (χ4n) is 4.25. The van der Waals surface area contributed by atoms with Gasteiger partial charge in [-0.2, -0.15) is 35.2 Å². The molecule has 29 heteroatoms. The minimum atomic E-state index is -0.633. The molecule has 0 radical (unpaired) electrons. The number of amides is 1. The minimum absolute atomic E-state index is 0.0301. The SMILES string of the molecule is CC(C)(C)OC(=O)NNc1nc(N)nc2c1cnn2CCCl.Nc1nc(Cl)c(C=O)c(Cl)n1.Nc1nc(Cl)c2cn[nH]c2n1.Nc1nc(Cl)c2cnn(CCCl)c2n1. The third kappa shape index (κ3) is 12.2. The van der Waals surface area contributed by atoms with Gasteiger partial charge < -0.3 is 27.7 Å². The number of aromatic nitrogens is 14. The van der Waals surface area contributed by atoms with Crippen LogP contribution in [0.4, 0.5) is 34.4 Å². The Morgan fingerprint density at radius 1 is 0.724 bits per heavy atom. The fourth-order valence-corrected chi connectivity index (χ4v) is 5.50. The van der Waals surface area contributed by atoms with Gasteiger partial charge in [0.2, 0.25) is 23.8 Å². The molecule has 11 N–H and O–H groups in total. The second kappa shape index (κ2) is 20.2. The Bertz CT molecular complexity index is 2500. The van der Waals surface area contributed by atoms with E-state index in [4.69, 9.17) is 97.3 Å². The summed E-state index contributed by atoms with van der Waals surface area (Å²) in [6.45, 7) is 6.36. The molecule has 7 rings (SSSR count). The van der Waals surface area contributed by atoms with Gasteiger partial charge in [-0.25, -0.2) is 39.5 Å². The Kier molecular flexibility index (Phi) is 15.7. The van der Waals surface area contributed by atoms with E-state index in [0.717, 1.165) is 0 Å². The number of H-pyrrole nitrogens is 1. The summed E-state index contributed by atoms with van der Waals surface area (Å²) >= 11 is 33.9. The van der Waals surface area contributed by atoms with Crippen LogP contribution in [0.25, 0.3) is 33.1 Å². The molecule has 0 aromatic carbocycles. The van der Waals surface area contributed by atoms with Gasteiger partial charge in [0.05, 0.1) is 53.4 Å². The predicted octanol–water partition coefficient (Wildman–Crippen LogP) is 4.57. The number of aryl methyl sites for hydroxylation is 2. The first kappa shape index (κ1) is 45.1. The summed E-state index contributed by atoms with van der Waals surface area (Å²) in [5.74, 6) is 1.46. The van der Waals surface area contributed by atoms with Crippen LogP contribution in [0, 0.1) is 0 Å². The number of carbonyl (C=O) groups excluding carboxylic acids is 2. The van der Waals surface area contributed by atoms with Crippen LogP contribution in [0.1, 0.15) is 31.1 Å². The molecule has 58 heavy (non-hydrogen) atoms. The van der Waals surface area contributed by atoms with Crippen molar-refractivity contribution in [3.63, 3.8) is 0 Å². The largest absolute Gasteiger partial charge is 0.443 e. The number of alkyl halides is 2. The van der Waals surface area contributed by atoms with E-state index >= 15 is 0 Å². The molecule has 23 nitrogen and oxygen atoms in total. The molecule has 0 unspecified atom stereocenters. The lowest BCUT2D eigenvalue weighted by molar-refractivity contribution is 0.0540. The Balaban J connectivity index is 0.000000179. The highest BCUT2D eigenvalue weighted by molar-refractivity contribution is 6.37. The Hall–Kier alpha value is -5.59. The molecule has 0 aliphatic heterocycles. The summed E-state index contributed by atoms with van der Waals surface area (Å²) in [5.41, 5.74) is 27.9. The van der Waals surface area contributed by atoms with Gasteiger partial charge in [0.25, 0.3) is 0 Å². The third-order valence-electron chi connectivity index (χ3n) is 6.52. The average Bonchev–Trinajstić information content (AvgIpc) is 3.87. The van der Waals surface area contributed by atoms with Gasteiger partial charge >= 0.3 is 6.09 Å². The number of hydrogen-bond donors (Lipinski definition) is 7. The van der Waals surface area contributed by atoms with Gasteiger partial charge in [0.1, 0.15) is 26.2 Å². The zero-order valence-corrected chi connectivity index (χ0v) is 34.8. The molecule has 7 aromatic rings. The molecular weight excluding hydrogens is 889 g/mol. The second-order valence-corrected chi connectivity index (χ2v) is 14.0. The van der Waals surface area contributed by atoms with Crippen LogP contribution in [0.15, 0.2) is 18.6 Å². The molecule has 7 aromatic heterocycles. The highest BCUT2D eigenvalue weighted by atomic mass is 35.5. The number of fused-ring (bicyclic) bond motifs is 3. The maximum Gasteiger partial charge on any atom is 0.426 e. The van der Waals surface area contributed by atoms with Gasteiger partial charge in [0.15, 0.2) is 29.0 Å². The van der Waals surface area contributed by atoms with Crippen molar-refractivity contribution in [3.8, 4) is 0 Å². The monoisotopic (exact) mass is 918 g/mol. The average molecular weight is 921 g/mol. The molecule has 0 spiro atoms. The molecule has 0 saturated carbocycles. The summed E-state index contributed by atoms with van der Waals surface area (Å²) in [5, 5.41) is 17.2. The number of rotatable bonds is 7. The molecule has 7 heterocycles. The van der Waals surface area contributed by atoms with E-state index in [1.807, 2.05) is 0 Å². The van der Waals surface area contributed by atoms with Crippen LogP contribution in [0.2, 0.25) is 20.6 Å². The number of nitrogens with two attached hydrogens (primary N) is 4. The van der Waals surface area contributed by atoms with E-state index in [9.17, 15) is 9.59 Å². The number of hydrogen-bond acceptors (Lipinski definition) is 19. The summed E-state index contributed by atoms with van der Waals surface area (Å²) in [4.78, 5) is 52.6. The van der Waals surface area contributed by atoms with E-state index in [-0.39, 0.29) is 39.7 Å². The Labute approximate surface area is 356 Å². The number of nitrogens with zero attached hydrogens (tertiary/aromatic N) is 13. The Morgan fingerprint density at radius 2 is 1.21 bits per heavy atom. The highest BCUT2D eigenvalue weighted by Gasteiger charge is 2.18. The number of hydrazine groups is 1. The maximum absolute atomic E-state index is 11.7. The minimum Gasteiger partial charge on any atom is -0.443 e. The zero-order chi connectivity index (χ0) is 42.7. The van der Waals surface area contributed by atoms with Crippen LogP contribution in [0.3, 0.4) is 0 Å². The number of ether oxygens (including phenoxy) is 1. The normalized spacial score (nSPS) is 10.8. The lowest BCUT2D eigenvalue weighted by atomic mass is 10.2. The summed E-state index contributed by atoms with van der Waals surface area (Å²) in [6.07, 6.45) is 4.57. The standard InChI is InChI=1S/C12H18ClN7O2.C7H7Cl2N5.C5H3Cl2N3O.C5H4ClN5/c1-12(2,3)22-11(21)19-18-8-7-6-15-20(5-4-13)9(7)17-10(14)16-8;8-1-2-14-6-4(3-11-14)5(9)12-7(10)13-6;6-3-2(1-11)4(7)10-5(8)9-3;6-3-2-1-8-11-4(2)10-5(7)9-3/h6H,4-5H2,1-3H3,(H,19,21)(H3,14,16,17,18);3H,1-2H2,(H2,10,12,13);1H,(H2,8,9,10);1H,(H3,7,8,9,10,11). The van der Waals surface area contributed by atoms with Crippen molar-refractivity contribution in [2.45, 2.75) is 39.5 Å². The van der Waals surface area contributed by atoms with Crippen LogP contribution >= 0.6 is 69.6 Å². The highest BCUT2D eigenvalue weighted by Crippen LogP contribution is 2.23. The van der Waals surface area contributed by atoms with Gasteiger partial charge in [-0.3, -0.25) is 15.3 Å². The summed E-state index contributed by atoms with van der Waals surface area (Å²) in [7, 11) is 0. The second-order valence-electron chi connectivity index (χ2n) is 11.8. The lowest BCUT2D eigenvalue weighted by Gasteiger charge is -2.20. The molecule has 1 amide bonds. The third-order valence-corrected chi connectivity index (χ3v) is 8.01. The number of carbonyl (C=O) groups is 2. The van der Waals surface area contributed by atoms with Crippen LogP contribution in [-0.4, -0.2) is 99.4 Å². The molecule has 308 valence electrons. The van der Waals surface area contributed by atoms with E-state index in [1.165, 1.54) is 0 Å². The fraction of sp³-hybridized carbons (Fsp3) is 0.276. The van der Waals surface area contributed by atoms with E-state index in [1.54, 1.807) is 48.7 Å². The van der Waals surface area contributed by atoms with Crippen LogP contribution in [-0.2, 0) is 17.8 Å². The van der Waals surface area contributed by atoms with Crippen LogP contribution in [0.5, 0.6) is 0 Å². The smallest absolute Gasteiger partial charge is 0.426 e. The van der Waals surface area contributed by atoms with Crippen molar-refractivity contribution in [1.29, 1.82) is 0 Å². The zero-order valence-electron chi connectivity index (χ0n) is 30.3. The van der Waals surface area contributed by atoms with E-state index in [0.29, 0.717) is 80.4 Å². The number of halogens is 6. The van der Waals surface area contributed by atoms with Gasteiger partial charge in [-0.05, 0) is 20.8 Å². The number of nitrogens with one attached hydrogen (secondary N) is 3. The summed E-state index contributed by atoms with van der Waals surface area (Å²) < 4.78 is 8.38. The number of anilines is 5. The quantitative estimate of drug-likeness (QED) is 0.0498. The van der Waals surface area contributed by atoms with Crippen molar-refractivity contribution >= 4 is 145 Å². The maximum atomic E-state index is 11.7. The first-order chi connectivity index (χ1) is 27.4. The first-order valence-corrected chi connectivity index (χ1v) is 18.6. The molecule has 0 aliphatic rings. The van der Waals surface area contributed by atoms with E-state index in [2.05, 4.69) is 71.1 Å². The number of aldehydes is 1. The van der Waals surface area contributed by atoms with Crippen molar-refractivity contribution < 1.29 is 14.3 Å². The molecular formula is C29H32Cl6N20O3. The van der Waals surface area contributed by atoms with Crippen LogP contribution < -0.4 is 33.8 Å². The predicted molar refractivity (Wildman–Crippen MR) is 222 cm³/mol. The molecule has 0 bridgehead atoms. The van der Waals surface area contributed by atoms with E-state index < -0.39 is 11.7 Å². The molecule has 0 fully saturated rings. The van der Waals surface area contributed by atoms with Crippen molar-refractivity contribution in [2.75, 3.05) is 40.1 Å². The van der Waals surface area contributed by atoms with Crippen molar-refractivity contribution in [3.05, 3.63) is 44.8 Å². The van der Waals surface area contributed by atoms with Gasteiger partial charge in [-0.15, -0.1) is 23.2 Å². The van der Waals surface area contributed by atoms with Gasteiger partial charge in [-0.1, -0.05) is 46.4 Å². The topological polar surface area (TPSA) is 339 Å². The first-order valence-electron chi connectivity index (χ1n) is 16.0. The molecule has 0 atom stereocenters. The number of nitrogen functional groups attached to an aromatic ring is 4. The van der Waals surface area contributed by atoms with Crippen molar-refractivity contribution in [1.82, 2.24) is 75.1 Å². The number of aromatic amines is 1. The Morgan fingerprint density at radius 3 is 1.76 bits per heavy atom. The lowest BCUT2D eigenvalue weighted by Crippen LogP contribution is -2.36.